The molecule has 0 amide bonds. The number of guanidine groups is 1. The Bertz CT molecular complexity index is 238. The standard InChI is InChI=1S/C12H25N3O2/c1-4-13-11(14-7-9-16-3)15-10-12(2)6-5-8-17-12/h4-10H2,1-3H3,(H2,13,14,15). The van der Waals surface area contributed by atoms with Gasteiger partial charge in [0.15, 0.2) is 5.96 Å². The summed E-state index contributed by atoms with van der Waals surface area (Å²) in [6.07, 6.45) is 2.23. The lowest BCUT2D eigenvalue weighted by Crippen LogP contribution is -2.40. The van der Waals surface area contributed by atoms with Gasteiger partial charge in [0.25, 0.3) is 0 Å². The highest BCUT2D eigenvalue weighted by Gasteiger charge is 2.29. The Morgan fingerprint density at radius 3 is 2.88 bits per heavy atom. The van der Waals surface area contributed by atoms with Gasteiger partial charge in [-0.15, -0.1) is 0 Å². The third kappa shape index (κ3) is 5.37. The topological polar surface area (TPSA) is 54.9 Å². The summed E-state index contributed by atoms with van der Waals surface area (Å²) in [6.45, 7) is 8.05. The molecule has 0 spiro atoms. The summed E-state index contributed by atoms with van der Waals surface area (Å²) >= 11 is 0. The van der Waals surface area contributed by atoms with E-state index in [0.29, 0.717) is 13.2 Å². The molecule has 0 bridgehead atoms. The van der Waals surface area contributed by atoms with Gasteiger partial charge in [-0.25, -0.2) is 0 Å². The Hall–Kier alpha value is -0.810. The van der Waals surface area contributed by atoms with Gasteiger partial charge in [0, 0.05) is 26.8 Å². The normalized spacial score (nSPS) is 25.0. The largest absolute Gasteiger partial charge is 0.383 e. The lowest BCUT2D eigenvalue weighted by molar-refractivity contribution is 0.0283. The minimum Gasteiger partial charge on any atom is -0.383 e. The average molecular weight is 243 g/mol. The number of methoxy groups -OCH3 is 1. The predicted octanol–water partition coefficient (Wildman–Crippen LogP) is 0.757. The molecule has 1 aliphatic heterocycles. The number of rotatable bonds is 6. The van der Waals surface area contributed by atoms with Crippen LogP contribution in [-0.4, -0.2) is 51.5 Å². The van der Waals surface area contributed by atoms with Crippen LogP contribution in [0.4, 0.5) is 0 Å². The van der Waals surface area contributed by atoms with Crippen molar-refractivity contribution in [2.75, 3.05) is 40.0 Å². The molecular weight excluding hydrogens is 218 g/mol. The van der Waals surface area contributed by atoms with Gasteiger partial charge < -0.3 is 20.1 Å². The number of nitrogens with one attached hydrogen (secondary N) is 2. The lowest BCUT2D eigenvalue weighted by Gasteiger charge is -2.21. The molecule has 0 saturated carbocycles. The fourth-order valence-corrected chi connectivity index (χ4v) is 1.82. The molecule has 1 unspecified atom stereocenters. The smallest absolute Gasteiger partial charge is 0.191 e. The monoisotopic (exact) mass is 243 g/mol. The van der Waals surface area contributed by atoms with Gasteiger partial charge in [-0.2, -0.15) is 0 Å². The summed E-state index contributed by atoms with van der Waals surface area (Å²) < 4.78 is 10.7. The van der Waals surface area contributed by atoms with Crippen molar-refractivity contribution in [3.63, 3.8) is 0 Å². The quantitative estimate of drug-likeness (QED) is 0.411. The number of nitrogens with zero attached hydrogens (tertiary/aromatic N) is 1. The van der Waals surface area contributed by atoms with Gasteiger partial charge >= 0.3 is 0 Å². The minimum atomic E-state index is -0.0798. The Morgan fingerprint density at radius 1 is 1.47 bits per heavy atom. The molecule has 1 fully saturated rings. The molecule has 1 saturated heterocycles. The van der Waals surface area contributed by atoms with E-state index >= 15 is 0 Å². The fraction of sp³-hybridized carbons (Fsp3) is 0.917. The molecule has 17 heavy (non-hydrogen) atoms. The Morgan fingerprint density at radius 2 is 2.29 bits per heavy atom. The van der Waals surface area contributed by atoms with Crippen molar-refractivity contribution in [1.29, 1.82) is 0 Å². The first-order valence-electron chi connectivity index (χ1n) is 6.35. The van der Waals surface area contributed by atoms with Crippen molar-refractivity contribution in [2.24, 2.45) is 4.99 Å². The highest BCUT2D eigenvalue weighted by Crippen LogP contribution is 2.24. The van der Waals surface area contributed by atoms with Crippen molar-refractivity contribution in [2.45, 2.75) is 32.3 Å². The first-order valence-corrected chi connectivity index (χ1v) is 6.35. The first-order chi connectivity index (χ1) is 8.20. The van der Waals surface area contributed by atoms with Crippen LogP contribution in [0.5, 0.6) is 0 Å². The summed E-state index contributed by atoms with van der Waals surface area (Å²) in [5.74, 6) is 0.835. The number of aliphatic imine (C=N–C) groups is 1. The third-order valence-corrected chi connectivity index (χ3v) is 2.81. The molecule has 5 heteroatoms. The van der Waals surface area contributed by atoms with Crippen molar-refractivity contribution < 1.29 is 9.47 Å². The molecule has 0 aromatic rings. The van der Waals surface area contributed by atoms with Crippen LogP contribution in [0.25, 0.3) is 0 Å². The molecule has 1 heterocycles. The van der Waals surface area contributed by atoms with Gasteiger partial charge in [0.05, 0.1) is 18.8 Å². The second-order valence-corrected chi connectivity index (χ2v) is 4.52. The summed E-state index contributed by atoms with van der Waals surface area (Å²) in [6, 6.07) is 0. The molecule has 0 aliphatic carbocycles. The van der Waals surface area contributed by atoms with Crippen LogP contribution in [0.3, 0.4) is 0 Å². The maximum absolute atomic E-state index is 5.71. The summed E-state index contributed by atoms with van der Waals surface area (Å²) in [7, 11) is 1.69. The lowest BCUT2D eigenvalue weighted by atomic mass is 10.0. The second kappa shape index (κ2) is 7.50. The van der Waals surface area contributed by atoms with Crippen molar-refractivity contribution in [3.8, 4) is 0 Å². The van der Waals surface area contributed by atoms with E-state index in [1.165, 1.54) is 0 Å². The van der Waals surface area contributed by atoms with E-state index in [4.69, 9.17) is 9.47 Å². The van der Waals surface area contributed by atoms with Crippen LogP contribution in [0, 0.1) is 0 Å². The van der Waals surface area contributed by atoms with Crippen molar-refractivity contribution in [3.05, 3.63) is 0 Å². The molecule has 2 N–H and O–H groups in total. The first kappa shape index (κ1) is 14.3. The van der Waals surface area contributed by atoms with Crippen LogP contribution >= 0.6 is 0 Å². The second-order valence-electron chi connectivity index (χ2n) is 4.52. The Kier molecular flexibility index (Phi) is 6.29. The van der Waals surface area contributed by atoms with E-state index in [-0.39, 0.29) is 5.60 Å². The molecule has 1 rings (SSSR count). The van der Waals surface area contributed by atoms with Crippen LogP contribution < -0.4 is 10.6 Å². The molecular formula is C12H25N3O2. The van der Waals surface area contributed by atoms with E-state index in [2.05, 4.69) is 29.5 Å². The van der Waals surface area contributed by atoms with Crippen LogP contribution in [0.1, 0.15) is 26.7 Å². The number of ether oxygens (including phenoxy) is 2. The molecule has 1 atom stereocenters. The maximum Gasteiger partial charge on any atom is 0.191 e. The van der Waals surface area contributed by atoms with Gasteiger partial charge in [0.2, 0.25) is 0 Å². The molecule has 1 aliphatic rings. The zero-order chi connectivity index (χ0) is 12.6. The van der Waals surface area contributed by atoms with E-state index in [9.17, 15) is 0 Å². The zero-order valence-electron chi connectivity index (χ0n) is 11.2. The van der Waals surface area contributed by atoms with Crippen molar-refractivity contribution >= 4 is 5.96 Å². The third-order valence-electron chi connectivity index (χ3n) is 2.81. The minimum absolute atomic E-state index is 0.0798. The fourth-order valence-electron chi connectivity index (χ4n) is 1.82. The summed E-state index contributed by atoms with van der Waals surface area (Å²) in [5.41, 5.74) is -0.0798. The highest BCUT2D eigenvalue weighted by atomic mass is 16.5. The van der Waals surface area contributed by atoms with Gasteiger partial charge in [0.1, 0.15) is 0 Å². The molecule has 5 nitrogen and oxygen atoms in total. The van der Waals surface area contributed by atoms with E-state index in [1.807, 2.05) is 0 Å². The van der Waals surface area contributed by atoms with E-state index in [0.717, 1.165) is 38.5 Å². The van der Waals surface area contributed by atoms with Crippen LogP contribution in [-0.2, 0) is 9.47 Å². The maximum atomic E-state index is 5.71. The Balaban J connectivity index is 2.38. The average Bonchev–Trinajstić information content (AvgIpc) is 2.74. The Labute approximate surface area is 104 Å². The van der Waals surface area contributed by atoms with Gasteiger partial charge in [-0.1, -0.05) is 0 Å². The van der Waals surface area contributed by atoms with E-state index < -0.39 is 0 Å². The van der Waals surface area contributed by atoms with Gasteiger partial charge in [-0.05, 0) is 26.7 Å². The molecule has 0 aromatic heterocycles. The SMILES string of the molecule is CCNC(=NCC1(C)CCCO1)NCCOC. The van der Waals surface area contributed by atoms with Crippen LogP contribution in [0.15, 0.2) is 4.99 Å². The number of hydrogen-bond donors (Lipinski definition) is 2. The van der Waals surface area contributed by atoms with Crippen LogP contribution in [0.2, 0.25) is 0 Å². The predicted molar refractivity (Wildman–Crippen MR) is 69.4 cm³/mol. The summed E-state index contributed by atoms with van der Waals surface area (Å²) in [5, 5.41) is 6.43. The van der Waals surface area contributed by atoms with Crippen molar-refractivity contribution in [1.82, 2.24) is 10.6 Å². The molecule has 100 valence electrons. The van der Waals surface area contributed by atoms with E-state index in [1.54, 1.807) is 7.11 Å². The van der Waals surface area contributed by atoms with Gasteiger partial charge in [-0.3, -0.25) is 4.99 Å². The summed E-state index contributed by atoms with van der Waals surface area (Å²) in [4.78, 5) is 4.55. The zero-order valence-corrected chi connectivity index (χ0v) is 11.2. The molecule has 0 radical (unpaired) electrons. The highest BCUT2D eigenvalue weighted by molar-refractivity contribution is 5.79. The number of hydrogen-bond acceptors (Lipinski definition) is 3. The molecule has 0 aromatic carbocycles.